The number of alkyl halides is 3. The van der Waals surface area contributed by atoms with E-state index < -0.39 is 29.7 Å². The van der Waals surface area contributed by atoms with Crippen molar-refractivity contribution in [2.75, 3.05) is 0 Å². The van der Waals surface area contributed by atoms with Crippen LogP contribution in [0.15, 0.2) is 42.6 Å². The third-order valence-electron chi connectivity index (χ3n) is 3.39. The quantitative estimate of drug-likeness (QED) is 0.764. The number of allylic oxidation sites excluding steroid dienone is 1. The van der Waals surface area contributed by atoms with Crippen LogP contribution in [0.2, 0.25) is 0 Å². The summed E-state index contributed by atoms with van der Waals surface area (Å²) in [6, 6.07) is 3.50. The highest BCUT2D eigenvalue weighted by Crippen LogP contribution is 2.33. The maximum atomic E-state index is 13.1. The standard InChI is InChI=1S/C16H15F3N4O3/c1-2-3-7-11(15(25)26)20-14(24)12-9-23(22-21-12)13-8-5-4-6-10(13)16(17,18)19/h2-6,8-9,11H,7H2,1H3,(H,20,24)(H,25,26)/b3-2+. The number of carbonyl (C=O) groups is 2. The Bertz CT molecular complexity index is 830. The monoisotopic (exact) mass is 368 g/mol. The predicted molar refractivity (Wildman–Crippen MR) is 84.7 cm³/mol. The number of amides is 1. The summed E-state index contributed by atoms with van der Waals surface area (Å²) in [7, 11) is 0. The molecule has 1 aromatic carbocycles. The highest BCUT2D eigenvalue weighted by atomic mass is 19.4. The Morgan fingerprint density at radius 2 is 2.04 bits per heavy atom. The molecule has 2 N–H and O–H groups in total. The smallest absolute Gasteiger partial charge is 0.418 e. The van der Waals surface area contributed by atoms with E-state index in [1.54, 1.807) is 19.1 Å². The fraction of sp³-hybridized carbons (Fsp3) is 0.250. The molecule has 0 saturated carbocycles. The van der Waals surface area contributed by atoms with Crippen molar-refractivity contribution in [3.63, 3.8) is 0 Å². The fourth-order valence-corrected chi connectivity index (χ4v) is 2.12. The van der Waals surface area contributed by atoms with Crippen molar-refractivity contribution in [2.24, 2.45) is 0 Å². The number of rotatable bonds is 6. The molecule has 26 heavy (non-hydrogen) atoms. The molecule has 2 aromatic rings. The minimum atomic E-state index is -4.61. The van der Waals surface area contributed by atoms with Crippen LogP contribution in [-0.2, 0) is 11.0 Å². The number of para-hydroxylation sites is 1. The molecule has 0 radical (unpaired) electrons. The van der Waals surface area contributed by atoms with E-state index in [9.17, 15) is 22.8 Å². The van der Waals surface area contributed by atoms with Gasteiger partial charge in [-0.25, -0.2) is 9.48 Å². The zero-order valence-electron chi connectivity index (χ0n) is 13.6. The topological polar surface area (TPSA) is 97.1 Å². The van der Waals surface area contributed by atoms with Crippen LogP contribution in [0.25, 0.3) is 5.69 Å². The first-order chi connectivity index (χ1) is 12.2. The Morgan fingerprint density at radius 3 is 2.65 bits per heavy atom. The van der Waals surface area contributed by atoms with Gasteiger partial charge in [-0.2, -0.15) is 13.2 Å². The summed E-state index contributed by atoms with van der Waals surface area (Å²) < 4.78 is 40.0. The van der Waals surface area contributed by atoms with Crippen molar-refractivity contribution in [1.82, 2.24) is 20.3 Å². The van der Waals surface area contributed by atoms with E-state index in [0.717, 1.165) is 16.9 Å². The molecule has 0 bridgehead atoms. The predicted octanol–water partition coefficient (Wildman–Crippen LogP) is 2.44. The molecule has 1 amide bonds. The van der Waals surface area contributed by atoms with E-state index in [1.165, 1.54) is 18.2 Å². The van der Waals surface area contributed by atoms with E-state index in [4.69, 9.17) is 5.11 Å². The molecule has 1 unspecified atom stereocenters. The van der Waals surface area contributed by atoms with E-state index in [2.05, 4.69) is 15.6 Å². The molecule has 0 aliphatic heterocycles. The molecule has 0 spiro atoms. The number of nitrogens with one attached hydrogen (secondary N) is 1. The molecule has 0 fully saturated rings. The normalized spacial score (nSPS) is 12.9. The molecule has 138 valence electrons. The summed E-state index contributed by atoms with van der Waals surface area (Å²) in [5, 5.41) is 18.4. The van der Waals surface area contributed by atoms with E-state index in [-0.39, 0.29) is 17.8 Å². The highest BCUT2D eigenvalue weighted by molar-refractivity contribution is 5.94. The van der Waals surface area contributed by atoms with Crippen LogP contribution in [-0.4, -0.2) is 38.0 Å². The zero-order chi connectivity index (χ0) is 19.3. The van der Waals surface area contributed by atoms with Gasteiger partial charge in [0.1, 0.15) is 6.04 Å². The van der Waals surface area contributed by atoms with Gasteiger partial charge in [-0.05, 0) is 25.5 Å². The molecule has 1 atom stereocenters. The lowest BCUT2D eigenvalue weighted by atomic mass is 10.1. The lowest BCUT2D eigenvalue weighted by Crippen LogP contribution is -2.40. The number of hydrogen-bond donors (Lipinski definition) is 2. The number of halogens is 3. The van der Waals surface area contributed by atoms with Crippen LogP contribution in [0.1, 0.15) is 29.4 Å². The van der Waals surface area contributed by atoms with E-state index in [1.807, 2.05) is 0 Å². The van der Waals surface area contributed by atoms with Crippen molar-refractivity contribution < 1.29 is 27.9 Å². The lowest BCUT2D eigenvalue weighted by Gasteiger charge is -2.12. The van der Waals surface area contributed by atoms with E-state index in [0.29, 0.717) is 0 Å². The van der Waals surface area contributed by atoms with Crippen molar-refractivity contribution in [1.29, 1.82) is 0 Å². The molecule has 0 aliphatic carbocycles. The van der Waals surface area contributed by atoms with Crippen molar-refractivity contribution in [3.05, 3.63) is 53.9 Å². The van der Waals surface area contributed by atoms with Gasteiger partial charge in [0.15, 0.2) is 5.69 Å². The maximum Gasteiger partial charge on any atom is 0.418 e. The Kier molecular flexibility index (Phi) is 5.75. The number of aromatic nitrogens is 3. The van der Waals surface area contributed by atoms with Gasteiger partial charge in [0.05, 0.1) is 17.4 Å². The Labute approximate surface area is 146 Å². The summed E-state index contributed by atoms with van der Waals surface area (Å²) in [6.45, 7) is 1.70. The third-order valence-corrected chi connectivity index (χ3v) is 3.39. The fourth-order valence-electron chi connectivity index (χ4n) is 2.12. The van der Waals surface area contributed by atoms with Crippen molar-refractivity contribution in [2.45, 2.75) is 25.6 Å². The molecule has 0 saturated heterocycles. The molecule has 10 heteroatoms. The van der Waals surface area contributed by atoms with Crippen LogP contribution in [0.5, 0.6) is 0 Å². The number of hydrogen-bond acceptors (Lipinski definition) is 4. The summed E-state index contributed by atoms with van der Waals surface area (Å²) in [6.07, 6.45) is -0.342. The molecule has 7 nitrogen and oxygen atoms in total. The van der Waals surface area contributed by atoms with Crippen molar-refractivity contribution in [3.8, 4) is 5.69 Å². The molecular weight excluding hydrogens is 353 g/mol. The summed E-state index contributed by atoms with van der Waals surface area (Å²) in [5.41, 5.74) is -1.53. The van der Waals surface area contributed by atoms with Gasteiger partial charge in [0.25, 0.3) is 5.91 Å². The minimum absolute atomic E-state index is 0.0582. The number of carbonyl (C=O) groups excluding carboxylic acids is 1. The zero-order valence-corrected chi connectivity index (χ0v) is 13.6. The SMILES string of the molecule is C/C=C/CC(NC(=O)c1cn(-c2ccccc2C(F)(F)F)nn1)C(=O)O. The van der Waals surface area contributed by atoms with Gasteiger partial charge >= 0.3 is 12.1 Å². The number of carboxylic acid groups (broad SMARTS) is 1. The molecule has 0 aliphatic rings. The second-order valence-electron chi connectivity index (χ2n) is 5.23. The van der Waals surface area contributed by atoms with E-state index >= 15 is 0 Å². The molecule has 2 rings (SSSR count). The number of nitrogens with zero attached hydrogens (tertiary/aromatic N) is 3. The maximum absolute atomic E-state index is 13.1. The lowest BCUT2D eigenvalue weighted by molar-refractivity contribution is -0.139. The van der Waals surface area contributed by atoms with Crippen LogP contribution in [0.4, 0.5) is 13.2 Å². The Morgan fingerprint density at radius 1 is 1.35 bits per heavy atom. The summed E-state index contributed by atoms with van der Waals surface area (Å²) in [5.74, 6) is -2.09. The van der Waals surface area contributed by atoms with Gasteiger partial charge in [0.2, 0.25) is 0 Å². The van der Waals surface area contributed by atoms with Gasteiger partial charge in [0, 0.05) is 0 Å². The number of carboxylic acids is 1. The van der Waals surface area contributed by atoms with Gasteiger partial charge in [-0.15, -0.1) is 5.10 Å². The van der Waals surface area contributed by atoms with Crippen LogP contribution < -0.4 is 5.32 Å². The molecule has 1 aromatic heterocycles. The van der Waals surface area contributed by atoms with Gasteiger partial charge in [-0.1, -0.05) is 29.5 Å². The van der Waals surface area contributed by atoms with Crippen LogP contribution in [0.3, 0.4) is 0 Å². The third kappa shape index (κ3) is 4.47. The minimum Gasteiger partial charge on any atom is -0.480 e. The Hall–Kier alpha value is -3.17. The first-order valence-electron chi connectivity index (χ1n) is 7.47. The van der Waals surface area contributed by atoms with Gasteiger partial charge in [-0.3, -0.25) is 4.79 Å². The number of aliphatic carboxylic acids is 1. The number of benzene rings is 1. The summed E-state index contributed by atoms with van der Waals surface area (Å²) in [4.78, 5) is 23.3. The second-order valence-corrected chi connectivity index (χ2v) is 5.23. The molecular formula is C16H15F3N4O3. The van der Waals surface area contributed by atoms with Crippen LogP contribution >= 0.6 is 0 Å². The average Bonchev–Trinajstić information content (AvgIpc) is 3.07. The second kappa shape index (κ2) is 7.81. The highest BCUT2D eigenvalue weighted by Gasteiger charge is 2.34. The first-order valence-corrected chi connectivity index (χ1v) is 7.47. The first kappa shape index (κ1) is 19.2. The largest absolute Gasteiger partial charge is 0.480 e. The average molecular weight is 368 g/mol. The van der Waals surface area contributed by atoms with Crippen LogP contribution in [0, 0.1) is 0 Å². The van der Waals surface area contributed by atoms with Gasteiger partial charge < -0.3 is 10.4 Å². The Balaban J connectivity index is 2.25. The molecule has 1 heterocycles. The van der Waals surface area contributed by atoms with Crippen molar-refractivity contribution >= 4 is 11.9 Å². The summed E-state index contributed by atoms with van der Waals surface area (Å²) >= 11 is 0.